The molecule has 0 aromatic heterocycles. The zero-order valence-electron chi connectivity index (χ0n) is 9.88. The third-order valence-corrected chi connectivity index (χ3v) is 1.71. The summed E-state index contributed by atoms with van der Waals surface area (Å²) in [5.74, 6) is -0.933. The monoisotopic (exact) mass is 229 g/mol. The van der Waals surface area contributed by atoms with Crippen molar-refractivity contribution < 1.29 is 19.2 Å². The van der Waals surface area contributed by atoms with Crippen LogP contribution in [0.25, 0.3) is 0 Å². The van der Waals surface area contributed by atoms with Crippen LogP contribution in [0.15, 0.2) is 12.2 Å². The minimum Gasteiger partial charge on any atom is -0.462 e. The molecule has 5 heteroatoms. The molecular formula is C11H19NO4. The number of carbonyl (C=O) groups excluding carboxylic acids is 2. The van der Waals surface area contributed by atoms with E-state index in [0.717, 1.165) is 12.8 Å². The maximum Gasteiger partial charge on any atom is 0.333 e. The Labute approximate surface area is 95.8 Å². The molecule has 0 saturated carbocycles. The van der Waals surface area contributed by atoms with Crippen molar-refractivity contribution in [2.75, 3.05) is 13.2 Å². The summed E-state index contributed by atoms with van der Waals surface area (Å²) in [5, 5.41) is 0. The summed E-state index contributed by atoms with van der Waals surface area (Å²) in [6, 6.07) is 0. The molecule has 0 fully saturated rings. The number of carbonyl (C=O) groups is 2. The van der Waals surface area contributed by atoms with Crippen molar-refractivity contribution in [1.29, 1.82) is 0 Å². The predicted octanol–water partition coefficient (Wildman–Crippen LogP) is 1.34. The van der Waals surface area contributed by atoms with Crippen LogP contribution in [-0.2, 0) is 19.2 Å². The first-order chi connectivity index (χ1) is 7.57. The SMILES string of the molecule is C=C(C)C(=O)OCCC(=O)ONCCCC. The van der Waals surface area contributed by atoms with Gasteiger partial charge in [-0.2, -0.15) is 5.48 Å². The molecule has 0 atom stereocenters. The van der Waals surface area contributed by atoms with E-state index in [-0.39, 0.29) is 13.0 Å². The topological polar surface area (TPSA) is 64.6 Å². The second kappa shape index (κ2) is 8.91. The van der Waals surface area contributed by atoms with Gasteiger partial charge in [-0.3, -0.25) is 4.79 Å². The molecule has 0 aromatic carbocycles. The maximum atomic E-state index is 11.1. The van der Waals surface area contributed by atoms with Crippen LogP contribution in [0.1, 0.15) is 33.1 Å². The van der Waals surface area contributed by atoms with Gasteiger partial charge in [0.1, 0.15) is 6.61 Å². The summed E-state index contributed by atoms with van der Waals surface area (Å²) in [5.41, 5.74) is 2.85. The van der Waals surface area contributed by atoms with Crippen LogP contribution in [0, 0.1) is 0 Å². The molecule has 0 radical (unpaired) electrons. The molecule has 1 N–H and O–H groups in total. The first-order valence-corrected chi connectivity index (χ1v) is 5.33. The van der Waals surface area contributed by atoms with Gasteiger partial charge in [0.15, 0.2) is 0 Å². The van der Waals surface area contributed by atoms with Gasteiger partial charge in [0.25, 0.3) is 0 Å². The average molecular weight is 229 g/mol. The van der Waals surface area contributed by atoms with Gasteiger partial charge in [-0.25, -0.2) is 4.79 Å². The van der Waals surface area contributed by atoms with Gasteiger partial charge in [0.05, 0.1) is 6.42 Å². The average Bonchev–Trinajstić information content (AvgIpc) is 2.24. The molecular weight excluding hydrogens is 210 g/mol. The second-order valence-corrected chi connectivity index (χ2v) is 3.39. The smallest absolute Gasteiger partial charge is 0.333 e. The van der Waals surface area contributed by atoms with Crippen molar-refractivity contribution in [3.8, 4) is 0 Å². The molecule has 0 unspecified atom stereocenters. The van der Waals surface area contributed by atoms with E-state index in [2.05, 4.69) is 16.9 Å². The predicted molar refractivity (Wildman–Crippen MR) is 59.4 cm³/mol. The Balaban J connectivity index is 3.44. The number of hydrogen-bond acceptors (Lipinski definition) is 5. The van der Waals surface area contributed by atoms with E-state index >= 15 is 0 Å². The van der Waals surface area contributed by atoms with E-state index in [9.17, 15) is 9.59 Å². The van der Waals surface area contributed by atoms with E-state index in [1.54, 1.807) is 6.92 Å². The van der Waals surface area contributed by atoms with Crippen LogP contribution in [0.4, 0.5) is 0 Å². The van der Waals surface area contributed by atoms with E-state index < -0.39 is 11.9 Å². The molecule has 0 spiro atoms. The summed E-state index contributed by atoms with van der Waals surface area (Å²) < 4.78 is 4.73. The minimum absolute atomic E-state index is 0.0139. The molecule has 5 nitrogen and oxygen atoms in total. The fourth-order valence-electron chi connectivity index (χ4n) is 0.782. The fourth-order valence-corrected chi connectivity index (χ4v) is 0.782. The Morgan fingerprint density at radius 2 is 2.06 bits per heavy atom. The van der Waals surface area contributed by atoms with Crippen molar-refractivity contribution in [3.63, 3.8) is 0 Å². The maximum absolute atomic E-state index is 11.1. The highest BCUT2D eigenvalue weighted by molar-refractivity contribution is 5.87. The first-order valence-electron chi connectivity index (χ1n) is 5.33. The normalized spacial score (nSPS) is 9.62. The summed E-state index contributed by atoms with van der Waals surface area (Å²) in [4.78, 5) is 26.7. The molecule has 0 bridgehead atoms. The van der Waals surface area contributed by atoms with Crippen LogP contribution in [0.2, 0.25) is 0 Å². The van der Waals surface area contributed by atoms with Gasteiger partial charge >= 0.3 is 11.9 Å². The van der Waals surface area contributed by atoms with Crippen molar-refractivity contribution in [2.24, 2.45) is 0 Å². The van der Waals surface area contributed by atoms with Gasteiger partial charge in [-0.1, -0.05) is 19.9 Å². The summed E-state index contributed by atoms with van der Waals surface area (Å²) in [7, 11) is 0. The van der Waals surface area contributed by atoms with Crippen LogP contribution < -0.4 is 5.48 Å². The molecule has 0 aliphatic carbocycles. The number of ether oxygens (including phenoxy) is 1. The lowest BCUT2D eigenvalue weighted by Gasteiger charge is -2.05. The lowest BCUT2D eigenvalue weighted by molar-refractivity contribution is -0.153. The second-order valence-electron chi connectivity index (χ2n) is 3.39. The Morgan fingerprint density at radius 3 is 2.62 bits per heavy atom. The van der Waals surface area contributed by atoms with Crippen molar-refractivity contribution in [1.82, 2.24) is 5.48 Å². The highest BCUT2D eigenvalue weighted by Gasteiger charge is 2.06. The van der Waals surface area contributed by atoms with Crippen LogP contribution in [0.3, 0.4) is 0 Å². The Morgan fingerprint density at radius 1 is 1.38 bits per heavy atom. The van der Waals surface area contributed by atoms with Crippen LogP contribution in [-0.4, -0.2) is 25.1 Å². The van der Waals surface area contributed by atoms with Crippen molar-refractivity contribution in [3.05, 3.63) is 12.2 Å². The molecule has 0 aliphatic heterocycles. The lowest BCUT2D eigenvalue weighted by Crippen LogP contribution is -2.22. The Kier molecular flexibility index (Phi) is 8.15. The van der Waals surface area contributed by atoms with Gasteiger partial charge in [-0.05, 0) is 13.3 Å². The summed E-state index contributed by atoms with van der Waals surface area (Å²) in [6.07, 6.45) is 2.01. The minimum atomic E-state index is -0.494. The number of esters is 1. The molecule has 0 aliphatic rings. The number of hydrogen-bond donors (Lipinski definition) is 1. The molecule has 92 valence electrons. The molecule has 0 amide bonds. The zero-order chi connectivity index (χ0) is 12.4. The molecule has 0 saturated heterocycles. The lowest BCUT2D eigenvalue weighted by atomic mass is 10.3. The molecule has 0 heterocycles. The number of rotatable bonds is 8. The van der Waals surface area contributed by atoms with Crippen LogP contribution in [0.5, 0.6) is 0 Å². The van der Waals surface area contributed by atoms with Crippen LogP contribution >= 0.6 is 0 Å². The molecule has 0 aromatic rings. The third kappa shape index (κ3) is 7.99. The summed E-state index contributed by atoms with van der Waals surface area (Å²) in [6.45, 7) is 7.66. The van der Waals surface area contributed by atoms with Gasteiger partial charge in [0.2, 0.25) is 0 Å². The van der Waals surface area contributed by atoms with E-state index in [0.29, 0.717) is 12.1 Å². The number of hydroxylamine groups is 1. The highest BCUT2D eigenvalue weighted by Crippen LogP contribution is 1.94. The molecule has 16 heavy (non-hydrogen) atoms. The van der Waals surface area contributed by atoms with E-state index in [1.807, 2.05) is 6.92 Å². The van der Waals surface area contributed by atoms with Gasteiger partial charge in [0, 0.05) is 12.1 Å². The van der Waals surface area contributed by atoms with E-state index in [1.165, 1.54) is 0 Å². The van der Waals surface area contributed by atoms with E-state index in [4.69, 9.17) is 4.74 Å². The van der Waals surface area contributed by atoms with Gasteiger partial charge in [-0.15, -0.1) is 0 Å². The Hall–Kier alpha value is -1.36. The number of nitrogens with one attached hydrogen (secondary N) is 1. The Bertz CT molecular complexity index is 250. The largest absolute Gasteiger partial charge is 0.462 e. The quantitative estimate of drug-likeness (QED) is 0.294. The fraction of sp³-hybridized carbons (Fsp3) is 0.636. The third-order valence-electron chi connectivity index (χ3n) is 1.71. The first kappa shape index (κ1) is 14.6. The van der Waals surface area contributed by atoms with Gasteiger partial charge < -0.3 is 9.57 Å². The van der Waals surface area contributed by atoms with Crippen molar-refractivity contribution in [2.45, 2.75) is 33.1 Å². The highest BCUT2D eigenvalue weighted by atomic mass is 16.7. The number of unbranched alkanes of at least 4 members (excludes halogenated alkanes) is 1. The standard InChI is InChI=1S/C11H19NO4/c1-4-5-7-12-16-10(13)6-8-15-11(14)9(2)3/h12H,2,4-8H2,1,3H3. The van der Waals surface area contributed by atoms with Crippen molar-refractivity contribution >= 4 is 11.9 Å². The zero-order valence-corrected chi connectivity index (χ0v) is 9.88. The molecule has 0 rings (SSSR count). The summed E-state index contributed by atoms with van der Waals surface area (Å²) >= 11 is 0.